The summed E-state index contributed by atoms with van der Waals surface area (Å²) in [5.74, 6) is -0.990. The second-order valence-corrected chi connectivity index (χ2v) is 3.93. The van der Waals surface area contributed by atoms with Crippen molar-refractivity contribution in [1.29, 1.82) is 0 Å². The van der Waals surface area contributed by atoms with Gasteiger partial charge in [-0.2, -0.15) is 5.10 Å². The predicted molar refractivity (Wildman–Crippen MR) is 64.4 cm³/mol. The number of carboxylic acid groups (broad SMARTS) is 1. The molecule has 3 aromatic heterocycles. The fourth-order valence-corrected chi connectivity index (χ4v) is 1.96. The number of fused-ring (bicyclic) bond motifs is 1. The van der Waals surface area contributed by atoms with E-state index in [1.54, 1.807) is 21.5 Å². The average Bonchev–Trinajstić information content (AvgIpc) is 2.93. The molecule has 0 aliphatic carbocycles. The lowest BCUT2D eigenvalue weighted by atomic mass is 10.2. The standard InChI is InChI=1S/C12H10N4O2/c1-15-9(2-4-14-15)8-3-5-16-10(12(17)18)7-13-11(16)6-8/h2-7H,1H3,(H,17,18). The number of hydrogen-bond donors (Lipinski definition) is 1. The average molecular weight is 242 g/mol. The Bertz CT molecular complexity index is 741. The monoisotopic (exact) mass is 242 g/mol. The molecule has 18 heavy (non-hydrogen) atoms. The smallest absolute Gasteiger partial charge is 0.354 e. The van der Waals surface area contributed by atoms with E-state index in [9.17, 15) is 4.79 Å². The minimum absolute atomic E-state index is 0.154. The van der Waals surface area contributed by atoms with Crippen molar-refractivity contribution in [2.45, 2.75) is 0 Å². The number of pyridine rings is 1. The summed E-state index contributed by atoms with van der Waals surface area (Å²) < 4.78 is 3.30. The van der Waals surface area contributed by atoms with Gasteiger partial charge in [-0.25, -0.2) is 9.78 Å². The molecule has 6 nitrogen and oxygen atoms in total. The van der Waals surface area contributed by atoms with E-state index < -0.39 is 5.97 Å². The normalized spacial score (nSPS) is 10.9. The predicted octanol–water partition coefficient (Wildman–Crippen LogP) is 1.43. The summed E-state index contributed by atoms with van der Waals surface area (Å²) >= 11 is 0. The number of carboxylic acids is 1. The van der Waals surface area contributed by atoms with Crippen LogP contribution in [0.3, 0.4) is 0 Å². The van der Waals surface area contributed by atoms with Crippen molar-refractivity contribution in [2.24, 2.45) is 7.05 Å². The topological polar surface area (TPSA) is 72.4 Å². The number of carbonyl (C=O) groups is 1. The first-order chi connectivity index (χ1) is 8.66. The highest BCUT2D eigenvalue weighted by Crippen LogP contribution is 2.20. The molecule has 6 heteroatoms. The summed E-state index contributed by atoms with van der Waals surface area (Å²) in [6, 6.07) is 5.58. The summed E-state index contributed by atoms with van der Waals surface area (Å²) in [5, 5.41) is 13.1. The molecule has 0 saturated heterocycles. The number of aromatic nitrogens is 4. The zero-order valence-corrected chi connectivity index (χ0v) is 9.61. The summed E-state index contributed by atoms with van der Waals surface area (Å²) in [6.07, 6.45) is 4.77. The zero-order chi connectivity index (χ0) is 12.7. The first kappa shape index (κ1) is 10.5. The van der Waals surface area contributed by atoms with Gasteiger partial charge in [-0.3, -0.25) is 9.08 Å². The fraction of sp³-hybridized carbons (Fsp3) is 0.0833. The Balaban J connectivity index is 2.19. The van der Waals surface area contributed by atoms with Gasteiger partial charge in [0.05, 0.1) is 11.9 Å². The van der Waals surface area contributed by atoms with Crippen molar-refractivity contribution in [3.8, 4) is 11.3 Å². The third-order valence-electron chi connectivity index (χ3n) is 2.85. The second kappa shape index (κ2) is 3.69. The molecule has 0 aliphatic heterocycles. The first-order valence-corrected chi connectivity index (χ1v) is 5.35. The van der Waals surface area contributed by atoms with Crippen molar-refractivity contribution in [3.63, 3.8) is 0 Å². The molecule has 0 aromatic carbocycles. The zero-order valence-electron chi connectivity index (χ0n) is 9.61. The van der Waals surface area contributed by atoms with Gasteiger partial charge < -0.3 is 5.11 Å². The van der Waals surface area contributed by atoms with Crippen molar-refractivity contribution < 1.29 is 9.90 Å². The van der Waals surface area contributed by atoms with E-state index in [0.717, 1.165) is 11.3 Å². The summed E-state index contributed by atoms with van der Waals surface area (Å²) in [7, 11) is 1.85. The third-order valence-corrected chi connectivity index (χ3v) is 2.85. The molecule has 3 aromatic rings. The Morgan fingerprint density at radius 1 is 1.39 bits per heavy atom. The SMILES string of the molecule is Cn1nccc1-c1ccn2c(C(=O)O)cnc2c1. The highest BCUT2D eigenvalue weighted by Gasteiger charge is 2.11. The second-order valence-electron chi connectivity index (χ2n) is 3.93. The maximum absolute atomic E-state index is 11.0. The quantitative estimate of drug-likeness (QED) is 0.737. The van der Waals surface area contributed by atoms with Gasteiger partial charge in [0.25, 0.3) is 0 Å². The molecule has 1 N–H and O–H groups in total. The van der Waals surface area contributed by atoms with E-state index in [1.165, 1.54) is 6.20 Å². The van der Waals surface area contributed by atoms with Crippen LogP contribution < -0.4 is 0 Å². The van der Waals surface area contributed by atoms with Gasteiger partial charge in [0.15, 0.2) is 5.69 Å². The van der Waals surface area contributed by atoms with Crippen LogP contribution >= 0.6 is 0 Å². The lowest BCUT2D eigenvalue weighted by molar-refractivity contribution is 0.0689. The van der Waals surface area contributed by atoms with Crippen molar-refractivity contribution >= 4 is 11.6 Å². The number of aryl methyl sites for hydroxylation is 1. The molecule has 0 spiro atoms. The molecule has 0 fully saturated rings. The number of rotatable bonds is 2. The van der Waals surface area contributed by atoms with Gasteiger partial charge in [-0.1, -0.05) is 0 Å². The molecular formula is C12H10N4O2. The molecule has 3 heterocycles. The molecule has 0 unspecified atom stereocenters. The maximum Gasteiger partial charge on any atom is 0.354 e. The Morgan fingerprint density at radius 2 is 2.22 bits per heavy atom. The van der Waals surface area contributed by atoms with Crippen LogP contribution in [0.4, 0.5) is 0 Å². The Hall–Kier alpha value is -2.63. The number of aromatic carboxylic acids is 1. The van der Waals surface area contributed by atoms with E-state index in [-0.39, 0.29) is 5.69 Å². The first-order valence-electron chi connectivity index (χ1n) is 5.35. The summed E-state index contributed by atoms with van der Waals surface area (Å²) in [4.78, 5) is 15.1. The van der Waals surface area contributed by atoms with E-state index >= 15 is 0 Å². The van der Waals surface area contributed by atoms with Gasteiger partial charge in [0.1, 0.15) is 5.65 Å². The van der Waals surface area contributed by atoms with Gasteiger partial charge in [-0.15, -0.1) is 0 Å². The molecule has 0 bridgehead atoms. The number of imidazole rings is 1. The van der Waals surface area contributed by atoms with Crippen molar-refractivity contribution in [1.82, 2.24) is 19.2 Å². The highest BCUT2D eigenvalue weighted by molar-refractivity contribution is 5.86. The molecular weight excluding hydrogens is 232 g/mol. The van der Waals surface area contributed by atoms with E-state index in [0.29, 0.717) is 5.65 Å². The van der Waals surface area contributed by atoms with E-state index in [1.807, 2.05) is 25.2 Å². The molecule has 0 aliphatic rings. The molecule has 3 rings (SSSR count). The van der Waals surface area contributed by atoms with Crippen LogP contribution in [0.1, 0.15) is 10.5 Å². The van der Waals surface area contributed by atoms with Crippen molar-refractivity contribution in [2.75, 3.05) is 0 Å². The Labute approximate surface area is 102 Å². The van der Waals surface area contributed by atoms with Gasteiger partial charge >= 0.3 is 5.97 Å². The van der Waals surface area contributed by atoms with Crippen LogP contribution in [0.5, 0.6) is 0 Å². The lowest BCUT2D eigenvalue weighted by Gasteiger charge is -2.03. The molecule has 0 atom stereocenters. The van der Waals surface area contributed by atoms with Crippen LogP contribution in [0.25, 0.3) is 16.9 Å². The van der Waals surface area contributed by atoms with Gasteiger partial charge in [0.2, 0.25) is 0 Å². The van der Waals surface area contributed by atoms with Crippen LogP contribution in [0.15, 0.2) is 36.8 Å². The maximum atomic E-state index is 11.0. The fourth-order valence-electron chi connectivity index (χ4n) is 1.96. The minimum Gasteiger partial charge on any atom is -0.477 e. The Morgan fingerprint density at radius 3 is 2.89 bits per heavy atom. The molecule has 90 valence electrons. The van der Waals surface area contributed by atoms with Gasteiger partial charge in [0, 0.05) is 25.0 Å². The molecule has 0 radical (unpaired) electrons. The van der Waals surface area contributed by atoms with Crippen LogP contribution in [0, 0.1) is 0 Å². The van der Waals surface area contributed by atoms with Crippen molar-refractivity contribution in [3.05, 3.63) is 42.5 Å². The van der Waals surface area contributed by atoms with Crippen LogP contribution in [-0.4, -0.2) is 30.2 Å². The molecule has 0 amide bonds. The number of nitrogens with zero attached hydrogens (tertiary/aromatic N) is 4. The third kappa shape index (κ3) is 1.46. The summed E-state index contributed by atoms with van der Waals surface area (Å²) in [5.41, 5.74) is 2.66. The Kier molecular flexibility index (Phi) is 2.16. The van der Waals surface area contributed by atoms with Crippen LogP contribution in [-0.2, 0) is 7.05 Å². The lowest BCUT2D eigenvalue weighted by Crippen LogP contribution is -2.01. The van der Waals surface area contributed by atoms with E-state index in [4.69, 9.17) is 5.11 Å². The van der Waals surface area contributed by atoms with Gasteiger partial charge in [-0.05, 0) is 18.2 Å². The largest absolute Gasteiger partial charge is 0.477 e. The number of hydrogen-bond acceptors (Lipinski definition) is 3. The highest BCUT2D eigenvalue weighted by atomic mass is 16.4. The molecule has 0 saturated carbocycles. The van der Waals surface area contributed by atoms with Crippen LogP contribution in [0.2, 0.25) is 0 Å². The minimum atomic E-state index is -0.990. The van der Waals surface area contributed by atoms with E-state index in [2.05, 4.69) is 10.1 Å². The summed E-state index contributed by atoms with van der Waals surface area (Å²) in [6.45, 7) is 0.